The van der Waals surface area contributed by atoms with Crippen LogP contribution in [0.1, 0.15) is 5.56 Å². The summed E-state index contributed by atoms with van der Waals surface area (Å²) in [5.74, 6) is -3.50. The van der Waals surface area contributed by atoms with Crippen molar-refractivity contribution < 1.29 is 23.1 Å². The highest BCUT2D eigenvalue weighted by molar-refractivity contribution is 7.99. The largest absolute Gasteiger partial charge is 0.455 e. The Morgan fingerprint density at radius 3 is 2.39 bits per heavy atom. The number of anilines is 1. The van der Waals surface area contributed by atoms with Gasteiger partial charge in [-0.3, -0.25) is 9.59 Å². The fraction of sp³-hybridized carbons (Fsp3) is 0.143. The van der Waals surface area contributed by atoms with Crippen molar-refractivity contribution in [2.75, 3.05) is 11.9 Å². The van der Waals surface area contributed by atoms with Gasteiger partial charge in [-0.1, -0.05) is 54.2 Å². The number of halogens is 2. The summed E-state index contributed by atoms with van der Waals surface area (Å²) in [5.41, 5.74) is 1.24. The number of carbonyl (C=O) groups is 2. The van der Waals surface area contributed by atoms with Gasteiger partial charge < -0.3 is 10.1 Å². The maximum atomic E-state index is 12.3. The number of ether oxygens (including phenoxy) is 1. The second-order valence-electron chi connectivity index (χ2n) is 5.97. The van der Waals surface area contributed by atoms with Crippen molar-refractivity contribution in [3.05, 3.63) is 72.3 Å². The number of amides is 1. The van der Waals surface area contributed by atoms with Crippen molar-refractivity contribution in [1.29, 1.82) is 0 Å². The average molecular weight is 401 g/mol. The van der Waals surface area contributed by atoms with Gasteiger partial charge >= 0.3 is 5.97 Å². The highest BCUT2D eigenvalue weighted by Gasteiger charge is 2.10. The molecular formula is C21H17F2NO3S. The lowest BCUT2D eigenvalue weighted by molar-refractivity contribution is -0.146. The Morgan fingerprint density at radius 1 is 0.964 bits per heavy atom. The summed E-state index contributed by atoms with van der Waals surface area (Å²) < 4.78 is 29.6. The standard InChI is InChI=1S/C21H17F2NO3S/c22-21(23)28-18-9-7-17(8-10-18)24-19(25)13-27-20(26)12-14-5-6-15-3-1-2-4-16(15)11-14/h1-11,21H,12-13H2,(H,24,25). The number of benzene rings is 3. The van der Waals surface area contributed by atoms with Gasteiger partial charge in [-0.05, 0) is 40.6 Å². The molecule has 0 aromatic heterocycles. The summed E-state index contributed by atoms with van der Waals surface area (Å²) in [4.78, 5) is 24.3. The fourth-order valence-electron chi connectivity index (χ4n) is 2.63. The molecule has 1 N–H and O–H groups in total. The van der Waals surface area contributed by atoms with Gasteiger partial charge in [0.2, 0.25) is 0 Å². The van der Waals surface area contributed by atoms with Crippen LogP contribution in [0.4, 0.5) is 14.5 Å². The number of rotatable bonds is 7. The first kappa shape index (κ1) is 19.8. The first-order valence-electron chi connectivity index (χ1n) is 8.47. The second kappa shape index (κ2) is 9.32. The normalized spacial score (nSPS) is 10.8. The molecule has 1 amide bonds. The van der Waals surface area contributed by atoms with Crippen molar-refractivity contribution in [2.45, 2.75) is 17.1 Å². The van der Waals surface area contributed by atoms with Crippen LogP contribution in [0.5, 0.6) is 0 Å². The predicted molar refractivity (Wildman–Crippen MR) is 106 cm³/mol. The maximum Gasteiger partial charge on any atom is 0.310 e. The molecule has 0 unspecified atom stereocenters. The van der Waals surface area contributed by atoms with Gasteiger partial charge in [0.05, 0.1) is 6.42 Å². The summed E-state index contributed by atoms with van der Waals surface area (Å²) in [6.07, 6.45) is 0.0671. The molecule has 0 fully saturated rings. The molecule has 0 atom stereocenters. The molecular weight excluding hydrogens is 384 g/mol. The highest BCUT2D eigenvalue weighted by atomic mass is 32.2. The first-order valence-corrected chi connectivity index (χ1v) is 9.35. The van der Waals surface area contributed by atoms with Crippen LogP contribution >= 0.6 is 11.8 Å². The van der Waals surface area contributed by atoms with Crippen molar-refractivity contribution in [2.24, 2.45) is 0 Å². The van der Waals surface area contributed by atoms with E-state index in [2.05, 4.69) is 5.32 Å². The summed E-state index contributed by atoms with van der Waals surface area (Å²) in [7, 11) is 0. The Hall–Kier alpha value is -2.93. The SMILES string of the molecule is O=C(COC(=O)Cc1ccc2ccccc2c1)Nc1ccc(SC(F)F)cc1. The molecule has 3 aromatic rings. The molecule has 0 bridgehead atoms. The highest BCUT2D eigenvalue weighted by Crippen LogP contribution is 2.26. The fourth-order valence-corrected chi connectivity index (χ4v) is 3.13. The van der Waals surface area contributed by atoms with Crippen LogP contribution in [-0.4, -0.2) is 24.2 Å². The number of nitrogens with one attached hydrogen (secondary N) is 1. The molecule has 0 saturated carbocycles. The van der Waals surface area contributed by atoms with Gasteiger partial charge in [-0.2, -0.15) is 8.78 Å². The minimum atomic E-state index is -2.50. The minimum absolute atomic E-state index is 0.0671. The zero-order chi connectivity index (χ0) is 19.9. The van der Waals surface area contributed by atoms with Crippen molar-refractivity contribution in [3.8, 4) is 0 Å². The average Bonchev–Trinajstić information content (AvgIpc) is 2.67. The van der Waals surface area contributed by atoms with E-state index in [1.807, 2.05) is 42.5 Å². The van der Waals surface area contributed by atoms with E-state index in [4.69, 9.17) is 4.74 Å². The molecule has 0 spiro atoms. The van der Waals surface area contributed by atoms with Gasteiger partial charge in [0, 0.05) is 10.6 Å². The third-order valence-corrected chi connectivity index (χ3v) is 4.61. The molecule has 4 nitrogen and oxygen atoms in total. The van der Waals surface area contributed by atoms with E-state index in [9.17, 15) is 18.4 Å². The van der Waals surface area contributed by atoms with E-state index in [0.29, 0.717) is 22.3 Å². The van der Waals surface area contributed by atoms with Crippen LogP contribution in [0.15, 0.2) is 71.6 Å². The van der Waals surface area contributed by atoms with E-state index < -0.39 is 24.2 Å². The third-order valence-electron chi connectivity index (χ3n) is 3.89. The van der Waals surface area contributed by atoms with Gasteiger partial charge in [0.15, 0.2) is 6.61 Å². The second-order valence-corrected chi connectivity index (χ2v) is 7.03. The van der Waals surface area contributed by atoms with E-state index >= 15 is 0 Å². The molecule has 3 rings (SSSR count). The van der Waals surface area contributed by atoms with E-state index in [1.54, 1.807) is 0 Å². The number of fused-ring (bicyclic) bond motifs is 1. The minimum Gasteiger partial charge on any atom is -0.455 e. The molecule has 144 valence electrons. The number of alkyl halides is 2. The van der Waals surface area contributed by atoms with Crippen LogP contribution in [0.3, 0.4) is 0 Å². The van der Waals surface area contributed by atoms with E-state index in [1.165, 1.54) is 24.3 Å². The summed E-state index contributed by atoms with van der Waals surface area (Å²) in [6.45, 7) is -0.417. The topological polar surface area (TPSA) is 55.4 Å². The smallest absolute Gasteiger partial charge is 0.310 e. The number of hydrogen-bond acceptors (Lipinski definition) is 4. The first-order chi connectivity index (χ1) is 13.5. The van der Waals surface area contributed by atoms with Gasteiger partial charge in [0.25, 0.3) is 11.7 Å². The number of esters is 1. The molecule has 0 aliphatic heterocycles. The zero-order valence-corrected chi connectivity index (χ0v) is 15.5. The van der Waals surface area contributed by atoms with Crippen LogP contribution in [0.2, 0.25) is 0 Å². The van der Waals surface area contributed by atoms with Crippen LogP contribution in [-0.2, 0) is 20.7 Å². The molecule has 0 aliphatic carbocycles. The summed E-state index contributed by atoms with van der Waals surface area (Å²) in [6, 6.07) is 19.5. The lowest BCUT2D eigenvalue weighted by Crippen LogP contribution is -2.21. The van der Waals surface area contributed by atoms with Crippen LogP contribution in [0.25, 0.3) is 10.8 Å². The third kappa shape index (κ3) is 5.79. The molecule has 7 heteroatoms. The maximum absolute atomic E-state index is 12.3. The van der Waals surface area contributed by atoms with Gasteiger partial charge in [-0.15, -0.1) is 0 Å². The Labute approximate surface area is 164 Å². The van der Waals surface area contributed by atoms with Crippen molar-refractivity contribution >= 4 is 40.1 Å². The number of thioether (sulfide) groups is 1. The molecule has 0 radical (unpaired) electrons. The zero-order valence-electron chi connectivity index (χ0n) is 14.7. The molecule has 0 saturated heterocycles. The summed E-state index contributed by atoms with van der Waals surface area (Å²) >= 11 is 0.426. The Morgan fingerprint density at radius 2 is 1.68 bits per heavy atom. The summed E-state index contributed by atoms with van der Waals surface area (Å²) in [5, 5.41) is 4.66. The van der Waals surface area contributed by atoms with E-state index in [0.717, 1.165) is 16.3 Å². The lowest BCUT2D eigenvalue weighted by Gasteiger charge is -2.08. The van der Waals surface area contributed by atoms with Crippen LogP contribution in [0, 0.1) is 0 Å². The van der Waals surface area contributed by atoms with Crippen LogP contribution < -0.4 is 5.32 Å². The van der Waals surface area contributed by atoms with E-state index in [-0.39, 0.29) is 6.42 Å². The monoisotopic (exact) mass is 401 g/mol. The molecule has 28 heavy (non-hydrogen) atoms. The Balaban J connectivity index is 1.47. The van der Waals surface area contributed by atoms with Crippen molar-refractivity contribution in [1.82, 2.24) is 0 Å². The Kier molecular flexibility index (Phi) is 6.60. The quantitative estimate of drug-likeness (QED) is 0.453. The van der Waals surface area contributed by atoms with Gasteiger partial charge in [-0.25, -0.2) is 0 Å². The van der Waals surface area contributed by atoms with Gasteiger partial charge in [0.1, 0.15) is 0 Å². The Bertz CT molecular complexity index is 977. The predicted octanol–water partition coefficient (Wildman–Crippen LogP) is 4.88. The molecule has 3 aromatic carbocycles. The lowest BCUT2D eigenvalue weighted by atomic mass is 10.1. The number of carbonyl (C=O) groups excluding carboxylic acids is 2. The molecule has 0 heterocycles. The molecule has 0 aliphatic rings. The van der Waals surface area contributed by atoms with Crippen molar-refractivity contribution in [3.63, 3.8) is 0 Å². The number of hydrogen-bond donors (Lipinski definition) is 1.